The zero-order chi connectivity index (χ0) is 12.3. The molecule has 0 saturated heterocycles. The topological polar surface area (TPSA) is 79.9 Å². The van der Waals surface area contributed by atoms with Gasteiger partial charge in [0, 0.05) is 12.3 Å². The van der Waals surface area contributed by atoms with Crippen molar-refractivity contribution in [3.05, 3.63) is 35.2 Å². The van der Waals surface area contributed by atoms with Crippen LogP contribution in [-0.4, -0.2) is 28.0 Å². The smallest absolute Gasteiger partial charge is 0.274 e. The maximum atomic E-state index is 11.7. The molecule has 0 aliphatic carbocycles. The van der Waals surface area contributed by atoms with Gasteiger partial charge in [-0.1, -0.05) is 11.6 Å². The molecule has 2 aromatic heterocycles. The lowest BCUT2D eigenvalue weighted by Gasteiger charge is -2.04. The number of hydrogen-bond acceptors (Lipinski definition) is 4. The summed E-state index contributed by atoms with van der Waals surface area (Å²) in [5.74, 6) is 0.0278. The number of carbonyl (C=O) groups excluding carboxylic acids is 1. The number of carbonyl (C=O) groups is 1. The SMILES string of the molecule is COc1cc(Cl)nc(NC(=O)c2ccc[nH]2)n1. The molecule has 0 aliphatic rings. The van der Waals surface area contributed by atoms with Crippen molar-refractivity contribution >= 4 is 23.5 Å². The first-order valence-corrected chi connectivity index (χ1v) is 5.10. The summed E-state index contributed by atoms with van der Waals surface area (Å²) in [6.07, 6.45) is 1.65. The normalized spacial score (nSPS) is 10.0. The molecule has 2 rings (SSSR count). The van der Waals surface area contributed by atoms with Crippen LogP contribution in [0.3, 0.4) is 0 Å². The third kappa shape index (κ3) is 2.73. The van der Waals surface area contributed by atoms with Gasteiger partial charge in [0.05, 0.1) is 7.11 Å². The van der Waals surface area contributed by atoms with Crippen molar-refractivity contribution in [2.75, 3.05) is 12.4 Å². The quantitative estimate of drug-likeness (QED) is 0.815. The molecule has 0 fully saturated rings. The Balaban J connectivity index is 2.18. The maximum Gasteiger partial charge on any atom is 0.274 e. The van der Waals surface area contributed by atoms with E-state index in [1.165, 1.54) is 13.2 Å². The zero-order valence-electron chi connectivity index (χ0n) is 8.90. The lowest BCUT2D eigenvalue weighted by atomic mass is 10.4. The minimum Gasteiger partial charge on any atom is -0.481 e. The van der Waals surface area contributed by atoms with Gasteiger partial charge in [0.1, 0.15) is 10.8 Å². The van der Waals surface area contributed by atoms with Crippen LogP contribution in [0.2, 0.25) is 5.15 Å². The molecule has 7 heteroatoms. The van der Waals surface area contributed by atoms with E-state index in [1.807, 2.05) is 0 Å². The summed E-state index contributed by atoms with van der Waals surface area (Å²) in [6.45, 7) is 0. The Hall–Kier alpha value is -2.08. The summed E-state index contributed by atoms with van der Waals surface area (Å²) in [5, 5.41) is 2.70. The molecule has 6 nitrogen and oxygen atoms in total. The van der Waals surface area contributed by atoms with E-state index in [0.717, 1.165) is 0 Å². The molecule has 0 radical (unpaired) electrons. The van der Waals surface area contributed by atoms with Crippen molar-refractivity contribution < 1.29 is 9.53 Å². The number of nitrogens with zero attached hydrogens (tertiary/aromatic N) is 2. The van der Waals surface area contributed by atoms with Gasteiger partial charge in [-0.05, 0) is 12.1 Å². The summed E-state index contributed by atoms with van der Waals surface area (Å²) in [7, 11) is 1.45. The second-order valence-corrected chi connectivity index (χ2v) is 3.48. The second kappa shape index (κ2) is 4.84. The molecule has 0 spiro atoms. The van der Waals surface area contributed by atoms with Crippen LogP contribution in [0.25, 0.3) is 0 Å². The van der Waals surface area contributed by atoms with Crippen LogP contribution in [0.4, 0.5) is 5.95 Å². The first-order valence-electron chi connectivity index (χ1n) is 4.72. The monoisotopic (exact) mass is 252 g/mol. The molecule has 2 aromatic rings. The maximum absolute atomic E-state index is 11.7. The molecule has 0 saturated carbocycles. The standard InChI is InChI=1S/C10H9ClN4O2/c1-17-8-5-7(11)13-10(14-8)15-9(16)6-3-2-4-12-6/h2-5,12H,1H3,(H,13,14,15,16). The predicted octanol–water partition coefficient (Wildman–Crippen LogP) is 1.72. The van der Waals surface area contributed by atoms with Crippen molar-refractivity contribution in [3.63, 3.8) is 0 Å². The summed E-state index contributed by atoms with van der Waals surface area (Å²) in [6, 6.07) is 4.80. The van der Waals surface area contributed by atoms with E-state index < -0.39 is 0 Å². The van der Waals surface area contributed by atoms with Gasteiger partial charge in [-0.2, -0.15) is 4.98 Å². The zero-order valence-corrected chi connectivity index (χ0v) is 9.65. The summed E-state index contributed by atoms with van der Waals surface area (Å²) >= 11 is 5.75. The fourth-order valence-electron chi connectivity index (χ4n) is 1.20. The highest BCUT2D eigenvalue weighted by Gasteiger charge is 2.10. The molecular weight excluding hydrogens is 244 g/mol. The Morgan fingerprint density at radius 3 is 3.00 bits per heavy atom. The highest BCUT2D eigenvalue weighted by Crippen LogP contribution is 2.16. The number of ether oxygens (including phenoxy) is 1. The number of amides is 1. The third-order valence-corrected chi connectivity index (χ3v) is 2.14. The van der Waals surface area contributed by atoms with Crippen molar-refractivity contribution in [1.82, 2.24) is 15.0 Å². The van der Waals surface area contributed by atoms with E-state index >= 15 is 0 Å². The first-order chi connectivity index (χ1) is 8.19. The molecular formula is C10H9ClN4O2. The van der Waals surface area contributed by atoms with Gasteiger partial charge < -0.3 is 9.72 Å². The van der Waals surface area contributed by atoms with E-state index in [-0.39, 0.29) is 22.9 Å². The second-order valence-electron chi connectivity index (χ2n) is 3.09. The highest BCUT2D eigenvalue weighted by molar-refractivity contribution is 6.29. The average molecular weight is 253 g/mol. The van der Waals surface area contributed by atoms with Crippen molar-refractivity contribution in [2.45, 2.75) is 0 Å². The van der Waals surface area contributed by atoms with Crippen LogP contribution >= 0.6 is 11.6 Å². The minimum absolute atomic E-state index is 0.0916. The Labute approximate surface area is 102 Å². The van der Waals surface area contributed by atoms with E-state index in [2.05, 4.69) is 20.3 Å². The van der Waals surface area contributed by atoms with E-state index in [1.54, 1.807) is 18.3 Å². The number of halogens is 1. The molecule has 0 atom stereocenters. The number of methoxy groups -OCH3 is 1. The summed E-state index contributed by atoms with van der Waals surface area (Å²) in [5.41, 5.74) is 0.410. The van der Waals surface area contributed by atoms with E-state index in [0.29, 0.717) is 5.69 Å². The predicted molar refractivity (Wildman–Crippen MR) is 62.3 cm³/mol. The number of anilines is 1. The van der Waals surface area contributed by atoms with E-state index in [4.69, 9.17) is 16.3 Å². The van der Waals surface area contributed by atoms with Crippen molar-refractivity contribution in [3.8, 4) is 5.88 Å². The molecule has 17 heavy (non-hydrogen) atoms. The number of aromatic amines is 1. The number of nitrogens with one attached hydrogen (secondary N) is 2. The van der Waals surface area contributed by atoms with Crippen molar-refractivity contribution in [1.29, 1.82) is 0 Å². The Morgan fingerprint density at radius 2 is 2.35 bits per heavy atom. The number of rotatable bonds is 3. The Kier molecular flexibility index (Phi) is 3.24. The molecule has 0 bridgehead atoms. The van der Waals surface area contributed by atoms with Gasteiger partial charge >= 0.3 is 0 Å². The van der Waals surface area contributed by atoms with Crippen LogP contribution in [0.5, 0.6) is 5.88 Å². The Bertz CT molecular complexity index is 527. The van der Waals surface area contributed by atoms with Crippen LogP contribution < -0.4 is 10.1 Å². The van der Waals surface area contributed by atoms with Gasteiger partial charge in [0.25, 0.3) is 5.91 Å². The fourth-order valence-corrected chi connectivity index (χ4v) is 1.37. The van der Waals surface area contributed by atoms with Crippen molar-refractivity contribution in [2.24, 2.45) is 0 Å². The molecule has 2 heterocycles. The van der Waals surface area contributed by atoms with Crippen LogP contribution in [0.15, 0.2) is 24.4 Å². The summed E-state index contributed by atoms with van der Waals surface area (Å²) in [4.78, 5) is 22.2. The van der Waals surface area contributed by atoms with E-state index in [9.17, 15) is 4.79 Å². The average Bonchev–Trinajstić information content (AvgIpc) is 2.81. The minimum atomic E-state index is -0.348. The van der Waals surface area contributed by atoms with Crippen LogP contribution in [0.1, 0.15) is 10.5 Å². The van der Waals surface area contributed by atoms with Gasteiger partial charge in [-0.15, -0.1) is 0 Å². The lowest BCUT2D eigenvalue weighted by molar-refractivity contribution is 0.102. The molecule has 0 unspecified atom stereocenters. The highest BCUT2D eigenvalue weighted by atomic mass is 35.5. The molecule has 2 N–H and O–H groups in total. The molecule has 0 aliphatic heterocycles. The fraction of sp³-hybridized carbons (Fsp3) is 0.100. The third-order valence-electron chi connectivity index (χ3n) is 1.95. The summed E-state index contributed by atoms with van der Waals surface area (Å²) < 4.78 is 4.91. The number of aromatic nitrogens is 3. The molecule has 0 aromatic carbocycles. The lowest BCUT2D eigenvalue weighted by Crippen LogP contribution is -2.14. The molecule has 1 amide bonds. The Morgan fingerprint density at radius 1 is 1.53 bits per heavy atom. The van der Waals surface area contributed by atoms with Gasteiger partial charge in [-0.25, -0.2) is 4.98 Å². The van der Waals surface area contributed by atoms with Gasteiger partial charge in [0.2, 0.25) is 11.8 Å². The first kappa shape index (κ1) is 11.4. The van der Waals surface area contributed by atoms with Gasteiger partial charge in [0.15, 0.2) is 0 Å². The van der Waals surface area contributed by atoms with Crippen LogP contribution in [-0.2, 0) is 0 Å². The number of H-pyrrole nitrogens is 1. The number of hydrogen-bond donors (Lipinski definition) is 2. The molecule has 88 valence electrons. The van der Waals surface area contributed by atoms with Crippen LogP contribution in [0, 0.1) is 0 Å². The largest absolute Gasteiger partial charge is 0.481 e. The van der Waals surface area contributed by atoms with Gasteiger partial charge in [-0.3, -0.25) is 10.1 Å².